The number of hydrogen-bond donors (Lipinski definition) is 1. The molecule has 37 heavy (non-hydrogen) atoms. The van der Waals surface area contributed by atoms with E-state index in [1.807, 2.05) is 42.0 Å². The molecule has 1 N–H and O–H groups in total. The third-order valence-electron chi connectivity index (χ3n) is 7.50. The number of fused-ring (bicyclic) bond motifs is 2. The Morgan fingerprint density at radius 3 is 2.73 bits per heavy atom. The third-order valence-corrected chi connectivity index (χ3v) is 9.96. The van der Waals surface area contributed by atoms with Crippen LogP contribution in [0.3, 0.4) is 0 Å². The van der Waals surface area contributed by atoms with E-state index in [1.165, 1.54) is 23.7 Å². The standard InChI is InChI=1S/C27H24FN5O2S2/c1-17-11-32(16-29-17)23-7-2-18(22-10-30-37-24(22)23)8-19-9-26(14-36-15-26)12-33-25(19)31-35-27(33,13-34)20-3-5-21(28)6-4-20/h2-8,10-11,16,34H,9,12-15H2,1H3. The first kappa shape index (κ1) is 22.9. The molecule has 188 valence electrons. The number of thioether (sulfide) groups is 1. The van der Waals surface area contributed by atoms with Gasteiger partial charge in [-0.1, -0.05) is 11.2 Å². The molecule has 5 heterocycles. The van der Waals surface area contributed by atoms with Crippen LogP contribution in [-0.4, -0.2) is 54.4 Å². The molecule has 7 nitrogen and oxygen atoms in total. The van der Waals surface area contributed by atoms with Crippen molar-refractivity contribution in [2.24, 2.45) is 10.6 Å². The van der Waals surface area contributed by atoms with Crippen molar-refractivity contribution in [3.05, 3.63) is 83.3 Å². The predicted octanol–water partition coefficient (Wildman–Crippen LogP) is 4.94. The van der Waals surface area contributed by atoms with Crippen LogP contribution < -0.4 is 0 Å². The highest BCUT2D eigenvalue weighted by Gasteiger charge is 2.56. The van der Waals surface area contributed by atoms with Crippen LogP contribution in [0.2, 0.25) is 0 Å². The summed E-state index contributed by atoms with van der Waals surface area (Å²) in [5.74, 6) is 2.47. The van der Waals surface area contributed by atoms with Crippen LogP contribution >= 0.6 is 23.3 Å². The Kier molecular flexibility index (Phi) is 5.21. The SMILES string of the molecule is Cc1cn(-c2ccc(C=C3CC4(CSC4)CN4C3=NOC4(CO)c3ccc(F)cc3)c3cnsc23)cn1. The van der Waals surface area contributed by atoms with Crippen LogP contribution in [0.5, 0.6) is 0 Å². The second kappa shape index (κ2) is 8.41. The van der Waals surface area contributed by atoms with Crippen LogP contribution in [0.4, 0.5) is 4.39 Å². The lowest BCUT2D eigenvalue weighted by Crippen LogP contribution is -2.59. The Morgan fingerprint density at radius 2 is 2.03 bits per heavy atom. The van der Waals surface area contributed by atoms with Crippen molar-refractivity contribution in [3.8, 4) is 5.69 Å². The van der Waals surface area contributed by atoms with Gasteiger partial charge in [0.15, 0.2) is 5.84 Å². The minimum atomic E-state index is -1.17. The van der Waals surface area contributed by atoms with Gasteiger partial charge in [-0.25, -0.2) is 9.37 Å². The fourth-order valence-electron chi connectivity index (χ4n) is 5.56. The number of aliphatic hydroxyl groups excluding tert-OH is 1. The molecular weight excluding hydrogens is 509 g/mol. The number of aromatic nitrogens is 3. The number of aliphatic hydroxyl groups is 1. The normalized spacial score (nSPS) is 23.3. The number of oxime groups is 1. The molecule has 3 aliphatic heterocycles. The minimum Gasteiger partial charge on any atom is -0.390 e. The molecule has 0 aliphatic carbocycles. The maximum atomic E-state index is 13.7. The van der Waals surface area contributed by atoms with Crippen LogP contribution in [0, 0.1) is 18.2 Å². The first-order chi connectivity index (χ1) is 18.0. The topological polar surface area (TPSA) is 75.8 Å². The molecular formula is C27H24FN5O2S2. The number of nitrogens with zero attached hydrogens (tertiary/aromatic N) is 5. The van der Waals surface area contributed by atoms with Crippen LogP contribution in [-0.2, 0) is 10.6 Å². The Bertz CT molecular complexity index is 1570. The smallest absolute Gasteiger partial charge is 0.260 e. The predicted molar refractivity (Wildman–Crippen MR) is 144 cm³/mol. The number of benzene rings is 2. The van der Waals surface area contributed by atoms with Gasteiger partial charge >= 0.3 is 0 Å². The number of piperidine rings is 1. The quantitative estimate of drug-likeness (QED) is 0.401. The van der Waals surface area contributed by atoms with E-state index in [4.69, 9.17) is 4.84 Å². The molecule has 1 atom stereocenters. The van der Waals surface area contributed by atoms with E-state index >= 15 is 0 Å². The Hall–Kier alpha value is -3.21. The van der Waals surface area contributed by atoms with Crippen LogP contribution in [0.15, 0.2) is 65.8 Å². The lowest BCUT2D eigenvalue weighted by atomic mass is 9.78. The zero-order valence-electron chi connectivity index (χ0n) is 20.1. The van der Waals surface area contributed by atoms with Gasteiger partial charge in [0.05, 0.1) is 22.4 Å². The highest BCUT2D eigenvalue weighted by atomic mass is 32.2. The molecule has 4 aromatic rings. The zero-order valence-corrected chi connectivity index (χ0v) is 21.7. The van der Waals surface area contributed by atoms with Gasteiger partial charge in [0.25, 0.3) is 5.72 Å². The monoisotopic (exact) mass is 533 g/mol. The van der Waals surface area contributed by atoms with E-state index in [1.54, 1.807) is 12.1 Å². The maximum absolute atomic E-state index is 13.7. The van der Waals surface area contributed by atoms with Gasteiger partial charge < -0.3 is 19.4 Å². The molecule has 0 amide bonds. The maximum Gasteiger partial charge on any atom is 0.260 e. The average molecular weight is 534 g/mol. The molecule has 1 spiro atoms. The van der Waals surface area contributed by atoms with Crippen molar-refractivity contribution in [3.63, 3.8) is 0 Å². The van der Waals surface area contributed by atoms with Gasteiger partial charge in [0.2, 0.25) is 0 Å². The molecule has 2 aromatic heterocycles. The fourth-order valence-corrected chi connectivity index (χ4v) is 7.52. The highest BCUT2D eigenvalue weighted by Crippen LogP contribution is 2.52. The Balaban J connectivity index is 1.32. The lowest BCUT2D eigenvalue weighted by Gasteiger charge is -2.51. The van der Waals surface area contributed by atoms with Crippen molar-refractivity contribution < 1.29 is 14.3 Å². The fraction of sp³-hybridized carbons (Fsp3) is 0.296. The molecule has 3 aliphatic rings. The molecule has 2 aromatic carbocycles. The highest BCUT2D eigenvalue weighted by molar-refractivity contribution is 8.00. The summed E-state index contributed by atoms with van der Waals surface area (Å²) >= 11 is 3.40. The van der Waals surface area contributed by atoms with Gasteiger partial charge in [-0.05, 0) is 72.4 Å². The summed E-state index contributed by atoms with van der Waals surface area (Å²) in [6.07, 6.45) is 8.83. The molecule has 1 unspecified atom stereocenters. The summed E-state index contributed by atoms with van der Waals surface area (Å²) in [6, 6.07) is 10.3. The largest absolute Gasteiger partial charge is 0.390 e. The first-order valence-corrected chi connectivity index (χ1v) is 14.0. The lowest BCUT2D eigenvalue weighted by molar-refractivity contribution is -0.144. The van der Waals surface area contributed by atoms with E-state index in [9.17, 15) is 9.50 Å². The summed E-state index contributed by atoms with van der Waals surface area (Å²) in [5, 5.41) is 16.2. The van der Waals surface area contributed by atoms with Gasteiger partial charge in [0.1, 0.15) is 12.4 Å². The van der Waals surface area contributed by atoms with E-state index in [0.29, 0.717) is 5.56 Å². The minimum absolute atomic E-state index is 0.0734. The van der Waals surface area contributed by atoms with E-state index in [-0.39, 0.29) is 17.8 Å². The van der Waals surface area contributed by atoms with Crippen LogP contribution in [0.1, 0.15) is 23.2 Å². The zero-order chi connectivity index (χ0) is 25.2. The number of imidazole rings is 1. The van der Waals surface area contributed by atoms with Crippen molar-refractivity contribution in [2.45, 2.75) is 19.1 Å². The van der Waals surface area contributed by atoms with Gasteiger partial charge in [-0.3, -0.25) is 0 Å². The molecule has 0 saturated carbocycles. The van der Waals surface area contributed by atoms with Crippen LogP contribution in [0.25, 0.3) is 21.8 Å². The van der Waals surface area contributed by atoms with E-state index in [2.05, 4.69) is 37.6 Å². The summed E-state index contributed by atoms with van der Waals surface area (Å²) in [7, 11) is 0. The molecule has 2 fully saturated rings. The third kappa shape index (κ3) is 3.53. The second-order valence-electron chi connectivity index (χ2n) is 10.0. The second-order valence-corrected chi connectivity index (χ2v) is 11.8. The summed E-state index contributed by atoms with van der Waals surface area (Å²) in [5.41, 5.74) is 3.74. The van der Waals surface area contributed by atoms with E-state index in [0.717, 1.165) is 62.9 Å². The van der Waals surface area contributed by atoms with Crippen molar-refractivity contribution in [2.75, 3.05) is 24.7 Å². The van der Waals surface area contributed by atoms with Gasteiger partial charge in [0, 0.05) is 46.8 Å². The van der Waals surface area contributed by atoms with Gasteiger partial charge in [-0.15, -0.1) is 0 Å². The molecule has 0 radical (unpaired) electrons. The number of hydrogen-bond acceptors (Lipinski definition) is 8. The van der Waals surface area contributed by atoms with Gasteiger partial charge in [-0.2, -0.15) is 16.1 Å². The number of amidine groups is 1. The van der Waals surface area contributed by atoms with Crippen molar-refractivity contribution >= 4 is 45.3 Å². The van der Waals surface area contributed by atoms with E-state index < -0.39 is 5.72 Å². The summed E-state index contributed by atoms with van der Waals surface area (Å²) in [6.45, 7) is 2.41. The number of halogens is 1. The Labute approximate surface area is 221 Å². The summed E-state index contributed by atoms with van der Waals surface area (Å²) < 4.78 is 21.3. The average Bonchev–Trinajstić information content (AvgIpc) is 3.63. The number of aryl methyl sites for hydroxylation is 1. The summed E-state index contributed by atoms with van der Waals surface area (Å²) in [4.78, 5) is 12.5. The number of rotatable bonds is 4. The van der Waals surface area contributed by atoms with Crippen molar-refractivity contribution in [1.82, 2.24) is 18.8 Å². The molecule has 7 rings (SSSR count). The first-order valence-electron chi connectivity index (χ1n) is 12.1. The molecule has 10 heteroatoms. The molecule has 2 saturated heterocycles. The molecule has 0 bridgehead atoms. The van der Waals surface area contributed by atoms with Crippen molar-refractivity contribution in [1.29, 1.82) is 0 Å². The Morgan fingerprint density at radius 1 is 1.19 bits per heavy atom.